The largest absolute Gasteiger partial charge is 0.486 e. The van der Waals surface area contributed by atoms with Gasteiger partial charge in [-0.1, -0.05) is 6.07 Å². The van der Waals surface area contributed by atoms with E-state index in [1.54, 1.807) is 0 Å². The minimum absolute atomic E-state index is 0.270. The molecule has 29 heavy (non-hydrogen) atoms. The zero-order valence-electron chi connectivity index (χ0n) is 15.9. The van der Waals surface area contributed by atoms with Crippen LogP contribution in [0.4, 0.5) is 17.5 Å². The molecule has 148 valence electrons. The van der Waals surface area contributed by atoms with E-state index in [9.17, 15) is 0 Å². The second-order valence-electron chi connectivity index (χ2n) is 6.74. The van der Waals surface area contributed by atoms with Crippen LogP contribution in [-0.4, -0.2) is 30.0 Å². The van der Waals surface area contributed by atoms with Crippen LogP contribution < -0.4 is 29.6 Å². The fraction of sp³-hybridized carbons (Fsp3) is 0.238. The number of ether oxygens (including phenoxy) is 4. The van der Waals surface area contributed by atoms with Gasteiger partial charge < -0.3 is 29.6 Å². The molecule has 1 aromatic heterocycles. The van der Waals surface area contributed by atoms with E-state index in [1.165, 1.54) is 0 Å². The Kier molecular flexibility index (Phi) is 4.44. The third-order valence-corrected chi connectivity index (χ3v) is 4.56. The Balaban J connectivity index is 1.30. The van der Waals surface area contributed by atoms with Gasteiger partial charge in [-0.15, -0.1) is 0 Å². The average molecular weight is 392 g/mol. The molecular weight excluding hydrogens is 372 g/mol. The summed E-state index contributed by atoms with van der Waals surface area (Å²) < 4.78 is 22.0. The van der Waals surface area contributed by atoms with Gasteiger partial charge in [-0.2, -0.15) is 4.98 Å². The van der Waals surface area contributed by atoms with E-state index in [2.05, 4.69) is 20.6 Å². The summed E-state index contributed by atoms with van der Waals surface area (Å²) in [6, 6.07) is 13.5. The smallest absolute Gasteiger partial charge is 0.231 e. The van der Waals surface area contributed by atoms with E-state index in [1.807, 2.05) is 49.4 Å². The first kappa shape index (κ1) is 17.4. The molecular formula is C21H20N4O4. The second-order valence-corrected chi connectivity index (χ2v) is 6.74. The number of hydrogen-bond donors (Lipinski definition) is 2. The number of anilines is 3. The molecule has 2 aromatic carbocycles. The van der Waals surface area contributed by atoms with E-state index in [4.69, 9.17) is 18.9 Å². The number of rotatable bonds is 5. The molecule has 2 aliphatic rings. The predicted molar refractivity (Wildman–Crippen MR) is 107 cm³/mol. The lowest BCUT2D eigenvalue weighted by Crippen LogP contribution is -2.15. The van der Waals surface area contributed by atoms with Gasteiger partial charge in [0.15, 0.2) is 23.0 Å². The molecule has 0 unspecified atom stereocenters. The van der Waals surface area contributed by atoms with E-state index >= 15 is 0 Å². The Morgan fingerprint density at radius 1 is 0.828 bits per heavy atom. The highest BCUT2D eigenvalue weighted by molar-refractivity contribution is 5.61. The highest BCUT2D eigenvalue weighted by Gasteiger charge is 2.14. The monoisotopic (exact) mass is 392 g/mol. The van der Waals surface area contributed by atoms with Crippen LogP contribution in [0.5, 0.6) is 23.0 Å². The van der Waals surface area contributed by atoms with Gasteiger partial charge in [0.2, 0.25) is 12.7 Å². The summed E-state index contributed by atoms with van der Waals surface area (Å²) in [5.74, 6) is 4.25. The van der Waals surface area contributed by atoms with Crippen molar-refractivity contribution < 1.29 is 18.9 Å². The van der Waals surface area contributed by atoms with Gasteiger partial charge in [-0.3, -0.25) is 0 Å². The van der Waals surface area contributed by atoms with Crippen molar-refractivity contribution in [3.8, 4) is 23.0 Å². The molecule has 0 bridgehead atoms. The van der Waals surface area contributed by atoms with Crippen LogP contribution in [0, 0.1) is 6.92 Å². The van der Waals surface area contributed by atoms with Crippen LogP contribution in [0.3, 0.4) is 0 Å². The maximum Gasteiger partial charge on any atom is 0.231 e. The number of aromatic nitrogens is 2. The van der Waals surface area contributed by atoms with Crippen LogP contribution in [0.2, 0.25) is 0 Å². The normalized spacial score (nSPS) is 13.8. The summed E-state index contributed by atoms with van der Waals surface area (Å²) in [6.07, 6.45) is 0. The maximum absolute atomic E-state index is 5.63. The quantitative estimate of drug-likeness (QED) is 0.681. The first-order valence-electron chi connectivity index (χ1n) is 9.38. The summed E-state index contributed by atoms with van der Waals surface area (Å²) >= 11 is 0. The lowest BCUT2D eigenvalue weighted by Gasteiger charge is -2.19. The fourth-order valence-corrected chi connectivity index (χ4v) is 3.21. The van der Waals surface area contributed by atoms with Crippen LogP contribution in [0.15, 0.2) is 42.5 Å². The maximum atomic E-state index is 5.63. The van der Waals surface area contributed by atoms with Gasteiger partial charge in [0.05, 0.1) is 0 Å². The minimum atomic E-state index is 0.270. The number of fused-ring (bicyclic) bond motifs is 2. The highest BCUT2D eigenvalue weighted by atomic mass is 16.7. The topological polar surface area (TPSA) is 86.8 Å². The molecule has 0 amide bonds. The zero-order valence-corrected chi connectivity index (χ0v) is 15.9. The van der Waals surface area contributed by atoms with Gasteiger partial charge >= 0.3 is 0 Å². The van der Waals surface area contributed by atoms with Crippen LogP contribution >= 0.6 is 0 Å². The average Bonchev–Trinajstić information content (AvgIpc) is 3.20. The standard InChI is InChI=1S/C21H20N4O4/c1-13-8-20(22-11-14-2-4-17-18(9-14)29-12-28-17)25-21(23-13)24-15-3-5-16-19(10-15)27-7-6-26-16/h2-5,8-10H,6-7,11-12H2,1H3,(H2,22,23,24,25). The first-order valence-corrected chi connectivity index (χ1v) is 9.38. The third kappa shape index (κ3) is 3.82. The van der Waals surface area contributed by atoms with Gasteiger partial charge in [0, 0.05) is 30.1 Å². The van der Waals surface area contributed by atoms with Crippen molar-refractivity contribution in [1.29, 1.82) is 0 Å². The molecule has 3 heterocycles. The molecule has 5 rings (SSSR count). The molecule has 0 atom stereocenters. The van der Waals surface area contributed by atoms with E-state index in [0.29, 0.717) is 25.7 Å². The van der Waals surface area contributed by atoms with Crippen LogP contribution in [0.1, 0.15) is 11.3 Å². The van der Waals surface area contributed by atoms with Crippen LogP contribution in [0.25, 0.3) is 0 Å². The van der Waals surface area contributed by atoms with Gasteiger partial charge in [-0.05, 0) is 36.8 Å². The van der Waals surface area contributed by atoms with Crippen molar-refractivity contribution >= 4 is 17.5 Å². The molecule has 0 spiro atoms. The van der Waals surface area contributed by atoms with Crippen molar-refractivity contribution in [1.82, 2.24) is 9.97 Å². The minimum Gasteiger partial charge on any atom is -0.486 e. The predicted octanol–water partition coefficient (Wildman–Crippen LogP) is 3.64. The van der Waals surface area contributed by atoms with E-state index in [0.717, 1.165) is 45.8 Å². The molecule has 0 aliphatic carbocycles. The molecule has 0 saturated heterocycles. The molecule has 8 heteroatoms. The Hall–Kier alpha value is -3.68. The summed E-state index contributed by atoms with van der Waals surface area (Å²) in [4.78, 5) is 9.04. The Bertz CT molecular complexity index is 1060. The first-order chi connectivity index (χ1) is 14.2. The number of nitrogens with one attached hydrogen (secondary N) is 2. The molecule has 2 aliphatic heterocycles. The Labute approximate surface area is 167 Å². The SMILES string of the molecule is Cc1cc(NCc2ccc3c(c2)OCO3)nc(Nc2ccc3c(c2)OCCO3)n1. The molecule has 0 fully saturated rings. The van der Waals surface area contributed by atoms with E-state index < -0.39 is 0 Å². The molecule has 8 nitrogen and oxygen atoms in total. The summed E-state index contributed by atoms with van der Waals surface area (Å²) in [6.45, 7) is 3.93. The Morgan fingerprint density at radius 2 is 1.59 bits per heavy atom. The second kappa shape index (κ2) is 7.38. The Morgan fingerprint density at radius 3 is 2.52 bits per heavy atom. The van der Waals surface area contributed by atoms with Gasteiger partial charge in [0.1, 0.15) is 19.0 Å². The van der Waals surface area contributed by atoms with Crippen molar-refractivity contribution in [2.45, 2.75) is 13.5 Å². The summed E-state index contributed by atoms with van der Waals surface area (Å²) in [5, 5.41) is 6.57. The highest BCUT2D eigenvalue weighted by Crippen LogP contribution is 2.34. The number of benzene rings is 2. The number of aryl methyl sites for hydroxylation is 1. The lowest BCUT2D eigenvalue weighted by molar-refractivity contribution is 0.171. The fourth-order valence-electron chi connectivity index (χ4n) is 3.21. The van der Waals surface area contributed by atoms with Crippen molar-refractivity contribution in [3.63, 3.8) is 0 Å². The summed E-state index contributed by atoms with van der Waals surface area (Å²) in [7, 11) is 0. The van der Waals surface area contributed by atoms with Crippen LogP contribution in [-0.2, 0) is 6.54 Å². The molecule has 0 radical (unpaired) electrons. The number of nitrogens with zero attached hydrogens (tertiary/aromatic N) is 2. The lowest BCUT2D eigenvalue weighted by atomic mass is 10.2. The number of hydrogen-bond acceptors (Lipinski definition) is 8. The summed E-state index contributed by atoms with van der Waals surface area (Å²) in [5.41, 5.74) is 2.77. The van der Waals surface area contributed by atoms with Crippen molar-refractivity contribution in [2.24, 2.45) is 0 Å². The third-order valence-electron chi connectivity index (χ3n) is 4.56. The molecule has 2 N–H and O–H groups in total. The molecule has 3 aromatic rings. The molecule has 0 saturated carbocycles. The van der Waals surface area contributed by atoms with Crippen molar-refractivity contribution in [3.05, 3.63) is 53.7 Å². The van der Waals surface area contributed by atoms with Crippen molar-refractivity contribution in [2.75, 3.05) is 30.6 Å². The van der Waals surface area contributed by atoms with Gasteiger partial charge in [0.25, 0.3) is 0 Å². The van der Waals surface area contributed by atoms with E-state index in [-0.39, 0.29) is 6.79 Å². The zero-order chi connectivity index (χ0) is 19.6. The van der Waals surface area contributed by atoms with Gasteiger partial charge in [-0.25, -0.2) is 4.98 Å².